The molecular formula is C22H18F3N5O6S. The Bertz CT molecular complexity index is 1580. The summed E-state index contributed by atoms with van der Waals surface area (Å²) in [4.78, 5) is 23.8. The predicted octanol–water partition coefficient (Wildman–Crippen LogP) is 3.65. The Morgan fingerprint density at radius 2 is 1.59 bits per heavy atom. The van der Waals surface area contributed by atoms with Gasteiger partial charge in [0.05, 0.1) is 31.3 Å². The molecule has 0 bridgehead atoms. The van der Waals surface area contributed by atoms with E-state index in [0.29, 0.717) is 16.3 Å². The van der Waals surface area contributed by atoms with E-state index in [2.05, 4.69) is 20.3 Å². The van der Waals surface area contributed by atoms with Crippen LogP contribution >= 0.6 is 0 Å². The molecule has 0 saturated heterocycles. The number of rotatable bonds is 7. The van der Waals surface area contributed by atoms with Crippen LogP contribution in [-0.4, -0.2) is 56.4 Å². The van der Waals surface area contributed by atoms with Crippen molar-refractivity contribution in [1.29, 1.82) is 0 Å². The fraction of sp³-hybridized carbons (Fsp3) is 0.182. The van der Waals surface area contributed by atoms with Crippen LogP contribution in [0.1, 0.15) is 0 Å². The quantitative estimate of drug-likeness (QED) is 0.338. The number of nitrogens with zero attached hydrogens (tertiary/aromatic N) is 3. The highest BCUT2D eigenvalue weighted by molar-refractivity contribution is 7.90. The number of nitrogens with one attached hydrogen (secondary N) is 2. The molecule has 0 aliphatic rings. The zero-order valence-electron chi connectivity index (χ0n) is 19.2. The van der Waals surface area contributed by atoms with E-state index in [0.717, 1.165) is 12.1 Å². The van der Waals surface area contributed by atoms with Crippen LogP contribution in [0.2, 0.25) is 0 Å². The van der Waals surface area contributed by atoms with Crippen LogP contribution in [0.3, 0.4) is 0 Å². The fourth-order valence-electron chi connectivity index (χ4n) is 3.24. The lowest BCUT2D eigenvalue weighted by Gasteiger charge is -2.15. The lowest BCUT2D eigenvalue weighted by atomic mass is 10.1. The Hall–Kier alpha value is -4.40. The van der Waals surface area contributed by atoms with E-state index in [1.807, 2.05) is 0 Å². The second-order valence-corrected chi connectivity index (χ2v) is 9.06. The van der Waals surface area contributed by atoms with Gasteiger partial charge in [0.25, 0.3) is 10.0 Å². The molecule has 194 valence electrons. The van der Waals surface area contributed by atoms with Gasteiger partial charge in [-0.25, -0.2) is 22.9 Å². The maximum Gasteiger partial charge on any atom is 0.422 e. The molecule has 2 heterocycles. The highest BCUT2D eigenvalue weighted by Gasteiger charge is 2.31. The van der Waals surface area contributed by atoms with Gasteiger partial charge >= 0.3 is 12.2 Å². The third-order valence-electron chi connectivity index (χ3n) is 4.81. The van der Waals surface area contributed by atoms with Gasteiger partial charge in [0.15, 0.2) is 6.61 Å². The lowest BCUT2D eigenvalue weighted by molar-refractivity contribution is -0.153. The van der Waals surface area contributed by atoms with E-state index in [1.54, 1.807) is 35.1 Å². The summed E-state index contributed by atoms with van der Waals surface area (Å²) < 4.78 is 81.2. The standard InChI is InChI=1S/C22H18F3N5O6S/c1-34-18-10-19(35-2)28-20(27-18)29-21(31)30-37(32,33)17-8-13-7-12-5-3-4-6-14(12)26-15(13)9-16(17)36-11-22(23,24)25/h3-10H,11H2,1-2H3,(H2,27,28,29,30,31). The van der Waals surface area contributed by atoms with Gasteiger partial charge in [0.2, 0.25) is 17.7 Å². The summed E-state index contributed by atoms with van der Waals surface area (Å²) in [6.07, 6.45) is -4.75. The number of amides is 2. The first kappa shape index (κ1) is 25.7. The van der Waals surface area contributed by atoms with Crippen molar-refractivity contribution in [3.8, 4) is 17.5 Å². The van der Waals surface area contributed by atoms with E-state index in [9.17, 15) is 26.4 Å². The highest BCUT2D eigenvalue weighted by Crippen LogP contribution is 2.32. The van der Waals surface area contributed by atoms with Gasteiger partial charge in [0.1, 0.15) is 10.6 Å². The average Bonchev–Trinajstić information content (AvgIpc) is 2.84. The number of urea groups is 1. The zero-order valence-corrected chi connectivity index (χ0v) is 20.0. The zero-order chi connectivity index (χ0) is 26.8. The van der Waals surface area contributed by atoms with Crippen LogP contribution in [0.4, 0.5) is 23.9 Å². The number of halogens is 3. The number of carbonyl (C=O) groups is 1. The van der Waals surface area contributed by atoms with Crippen molar-refractivity contribution in [2.24, 2.45) is 0 Å². The maximum atomic E-state index is 13.1. The number of pyridine rings is 1. The average molecular weight is 537 g/mol. The molecule has 4 aromatic rings. The summed E-state index contributed by atoms with van der Waals surface area (Å²) in [6.45, 7) is -1.77. The molecular weight excluding hydrogens is 519 g/mol. The Morgan fingerprint density at radius 1 is 0.919 bits per heavy atom. The molecule has 0 radical (unpaired) electrons. The van der Waals surface area contributed by atoms with Crippen LogP contribution in [0.5, 0.6) is 17.5 Å². The first-order chi connectivity index (χ1) is 17.5. The Balaban J connectivity index is 1.71. The molecule has 2 aromatic carbocycles. The number of methoxy groups -OCH3 is 2. The number of ether oxygens (including phenoxy) is 3. The van der Waals surface area contributed by atoms with Gasteiger partial charge in [-0.05, 0) is 18.2 Å². The van der Waals surface area contributed by atoms with E-state index >= 15 is 0 Å². The van der Waals surface area contributed by atoms with Crippen molar-refractivity contribution in [1.82, 2.24) is 19.7 Å². The van der Waals surface area contributed by atoms with Gasteiger partial charge in [-0.1, -0.05) is 18.2 Å². The molecule has 2 N–H and O–H groups in total. The maximum absolute atomic E-state index is 13.1. The molecule has 11 nitrogen and oxygen atoms in total. The van der Waals surface area contributed by atoms with Crippen molar-refractivity contribution in [3.05, 3.63) is 48.5 Å². The van der Waals surface area contributed by atoms with Crippen LogP contribution in [0.15, 0.2) is 53.4 Å². The molecule has 0 spiro atoms. The van der Waals surface area contributed by atoms with Crippen LogP contribution in [-0.2, 0) is 10.0 Å². The van der Waals surface area contributed by atoms with E-state index in [1.165, 1.54) is 20.3 Å². The number of aromatic nitrogens is 3. The minimum atomic E-state index is -4.75. The van der Waals surface area contributed by atoms with Gasteiger partial charge < -0.3 is 14.2 Å². The SMILES string of the molecule is COc1cc(OC)nc(NC(=O)NS(=O)(=O)c2cc3cc4ccccc4nc3cc2OCC(F)(F)F)n1. The smallest absolute Gasteiger partial charge is 0.422 e. The number of hydrogen-bond acceptors (Lipinski definition) is 9. The summed E-state index contributed by atoms with van der Waals surface area (Å²) in [7, 11) is -2.15. The molecule has 0 fully saturated rings. The van der Waals surface area contributed by atoms with Crippen molar-refractivity contribution >= 4 is 43.8 Å². The Morgan fingerprint density at radius 3 is 2.24 bits per heavy atom. The summed E-state index contributed by atoms with van der Waals surface area (Å²) in [5, 5.41) is 3.07. The number of anilines is 1. The summed E-state index contributed by atoms with van der Waals surface area (Å²) in [5.41, 5.74) is 0.731. The Kier molecular flexibility index (Phi) is 6.89. The molecule has 2 amide bonds. The lowest BCUT2D eigenvalue weighted by Crippen LogP contribution is -2.35. The van der Waals surface area contributed by atoms with Crippen LogP contribution in [0, 0.1) is 0 Å². The van der Waals surface area contributed by atoms with Crippen LogP contribution < -0.4 is 24.2 Å². The number of benzene rings is 2. The second-order valence-electron chi connectivity index (χ2n) is 7.41. The molecule has 0 atom stereocenters. The minimum absolute atomic E-state index is 0.0158. The molecule has 15 heteroatoms. The third kappa shape index (κ3) is 6.06. The second kappa shape index (κ2) is 9.93. The molecule has 0 aliphatic heterocycles. The van der Waals surface area contributed by atoms with E-state index in [-0.39, 0.29) is 23.2 Å². The van der Waals surface area contributed by atoms with Gasteiger partial charge in [-0.2, -0.15) is 23.1 Å². The van der Waals surface area contributed by atoms with Gasteiger partial charge in [0, 0.05) is 16.8 Å². The fourth-order valence-corrected chi connectivity index (χ4v) is 4.31. The molecule has 2 aromatic heterocycles. The topological polar surface area (TPSA) is 142 Å². The molecule has 37 heavy (non-hydrogen) atoms. The molecule has 0 aliphatic carbocycles. The molecule has 4 rings (SSSR count). The molecule has 0 unspecified atom stereocenters. The number of alkyl halides is 3. The number of fused-ring (bicyclic) bond motifs is 2. The monoisotopic (exact) mass is 537 g/mol. The van der Waals surface area contributed by atoms with Crippen molar-refractivity contribution in [2.75, 3.05) is 26.1 Å². The van der Waals surface area contributed by atoms with Crippen molar-refractivity contribution < 1.29 is 40.6 Å². The van der Waals surface area contributed by atoms with E-state index in [4.69, 9.17) is 14.2 Å². The highest BCUT2D eigenvalue weighted by atomic mass is 32.2. The van der Waals surface area contributed by atoms with Gasteiger partial charge in [-0.15, -0.1) is 0 Å². The van der Waals surface area contributed by atoms with Crippen molar-refractivity contribution in [2.45, 2.75) is 11.1 Å². The number of hydrogen-bond donors (Lipinski definition) is 2. The first-order valence-corrected chi connectivity index (χ1v) is 11.8. The number of para-hydroxylation sites is 1. The summed E-state index contributed by atoms with van der Waals surface area (Å²) >= 11 is 0. The van der Waals surface area contributed by atoms with Crippen LogP contribution in [0.25, 0.3) is 21.8 Å². The van der Waals surface area contributed by atoms with E-state index < -0.39 is 39.5 Å². The largest absolute Gasteiger partial charge is 0.483 e. The number of carbonyl (C=O) groups excluding carboxylic acids is 1. The summed E-state index contributed by atoms with van der Waals surface area (Å²) in [6, 6.07) is 10.7. The Labute approximate surface area is 207 Å². The number of sulfonamides is 1. The first-order valence-electron chi connectivity index (χ1n) is 10.3. The third-order valence-corrected chi connectivity index (χ3v) is 6.16. The normalized spacial score (nSPS) is 11.8. The molecule has 0 saturated carbocycles. The summed E-state index contributed by atoms with van der Waals surface area (Å²) in [5.74, 6) is -0.969. The van der Waals surface area contributed by atoms with Crippen molar-refractivity contribution in [3.63, 3.8) is 0 Å². The van der Waals surface area contributed by atoms with Gasteiger partial charge in [-0.3, -0.25) is 5.32 Å². The predicted molar refractivity (Wildman–Crippen MR) is 125 cm³/mol. The minimum Gasteiger partial charge on any atom is -0.483 e.